The number of carbonyl (C=O) groups is 1. The van der Waals surface area contributed by atoms with Gasteiger partial charge in [0.2, 0.25) is 0 Å². The van der Waals surface area contributed by atoms with Gasteiger partial charge in [0, 0.05) is 31.3 Å². The van der Waals surface area contributed by atoms with E-state index in [0.29, 0.717) is 40.4 Å². The molecule has 4 aromatic rings. The highest BCUT2D eigenvalue weighted by Crippen LogP contribution is 2.34. The second-order valence-corrected chi connectivity index (χ2v) is 8.57. The molecule has 0 spiro atoms. The molecule has 0 bridgehead atoms. The van der Waals surface area contributed by atoms with E-state index in [1.807, 2.05) is 36.4 Å². The van der Waals surface area contributed by atoms with Crippen LogP contribution in [0.25, 0.3) is 21.2 Å². The quantitative estimate of drug-likeness (QED) is 0.424. The molecule has 154 valence electrons. The van der Waals surface area contributed by atoms with Gasteiger partial charge in [0.25, 0.3) is 11.1 Å². The lowest BCUT2D eigenvalue weighted by molar-refractivity contribution is 0.0569. The van der Waals surface area contributed by atoms with Gasteiger partial charge in [0.15, 0.2) is 17.1 Å². The van der Waals surface area contributed by atoms with Crippen molar-refractivity contribution in [1.82, 2.24) is 9.88 Å². The summed E-state index contributed by atoms with van der Waals surface area (Å²) >= 11 is 7.69. The second kappa shape index (κ2) is 7.81. The maximum Gasteiger partial charge on any atom is 0.289 e. The van der Waals surface area contributed by atoms with E-state index in [1.165, 1.54) is 11.3 Å². The van der Waals surface area contributed by atoms with Crippen molar-refractivity contribution in [3.63, 3.8) is 0 Å². The standard InChI is InChI=1S/C22H19ClN2O4S/c1-27-16-6-2-4-13-12-17(29-20(13)16)21(26)25-10-8-14(9-11-25)28-22-24-19-15(23)5-3-7-18(19)30-22/h2-7,12,14H,8-11H2,1H3. The summed E-state index contributed by atoms with van der Waals surface area (Å²) in [5, 5.41) is 2.10. The lowest BCUT2D eigenvalue weighted by atomic mass is 10.1. The van der Waals surface area contributed by atoms with Crippen molar-refractivity contribution in [3.8, 4) is 10.9 Å². The first-order chi connectivity index (χ1) is 14.6. The fraction of sp³-hybridized carbons (Fsp3) is 0.273. The molecular weight excluding hydrogens is 424 g/mol. The number of hydrogen-bond acceptors (Lipinski definition) is 6. The van der Waals surface area contributed by atoms with E-state index in [9.17, 15) is 4.79 Å². The first-order valence-electron chi connectivity index (χ1n) is 9.70. The number of piperidine rings is 1. The lowest BCUT2D eigenvalue weighted by Crippen LogP contribution is -2.41. The zero-order valence-corrected chi connectivity index (χ0v) is 17.8. The molecule has 0 unspecified atom stereocenters. The van der Waals surface area contributed by atoms with Gasteiger partial charge in [0.05, 0.1) is 16.8 Å². The molecule has 2 aromatic carbocycles. The van der Waals surface area contributed by atoms with E-state index in [2.05, 4.69) is 4.98 Å². The van der Waals surface area contributed by atoms with Crippen molar-refractivity contribution in [2.45, 2.75) is 18.9 Å². The summed E-state index contributed by atoms with van der Waals surface area (Å²) in [6, 6.07) is 13.1. The molecule has 0 N–H and O–H groups in total. The maximum atomic E-state index is 12.9. The first-order valence-corrected chi connectivity index (χ1v) is 10.9. The highest BCUT2D eigenvalue weighted by Gasteiger charge is 2.27. The summed E-state index contributed by atoms with van der Waals surface area (Å²) in [6.07, 6.45) is 1.49. The molecular formula is C22H19ClN2O4S. The van der Waals surface area contributed by atoms with Gasteiger partial charge in [-0.2, -0.15) is 0 Å². The normalized spacial score (nSPS) is 15.1. The number of halogens is 1. The predicted molar refractivity (Wildman–Crippen MR) is 117 cm³/mol. The molecule has 3 heterocycles. The number of para-hydroxylation sites is 2. The number of benzene rings is 2. The van der Waals surface area contributed by atoms with Crippen LogP contribution >= 0.6 is 22.9 Å². The van der Waals surface area contributed by atoms with Gasteiger partial charge in [-0.15, -0.1) is 0 Å². The number of methoxy groups -OCH3 is 1. The molecule has 0 saturated carbocycles. The molecule has 30 heavy (non-hydrogen) atoms. The molecule has 0 radical (unpaired) electrons. The molecule has 1 aliphatic heterocycles. The summed E-state index contributed by atoms with van der Waals surface area (Å²) in [4.78, 5) is 19.2. The number of furan rings is 1. The number of hydrogen-bond donors (Lipinski definition) is 0. The number of nitrogens with zero attached hydrogens (tertiary/aromatic N) is 2. The minimum Gasteiger partial charge on any atom is -0.493 e. The van der Waals surface area contributed by atoms with Gasteiger partial charge in [-0.25, -0.2) is 4.98 Å². The van der Waals surface area contributed by atoms with Crippen molar-refractivity contribution in [2.24, 2.45) is 0 Å². The second-order valence-electron chi connectivity index (χ2n) is 7.17. The van der Waals surface area contributed by atoms with Crippen molar-refractivity contribution in [1.29, 1.82) is 0 Å². The minimum absolute atomic E-state index is 0.0177. The van der Waals surface area contributed by atoms with Crippen molar-refractivity contribution in [3.05, 3.63) is 53.2 Å². The van der Waals surface area contributed by atoms with Crippen LogP contribution in [-0.4, -0.2) is 42.1 Å². The fourth-order valence-corrected chi connectivity index (χ4v) is 4.90. The summed E-state index contributed by atoms with van der Waals surface area (Å²) in [5.74, 6) is 0.836. The smallest absolute Gasteiger partial charge is 0.289 e. The Morgan fingerprint density at radius 3 is 2.80 bits per heavy atom. The van der Waals surface area contributed by atoms with E-state index in [-0.39, 0.29) is 12.0 Å². The molecule has 0 atom stereocenters. The predicted octanol–water partition coefficient (Wildman–Crippen LogP) is 5.39. The van der Waals surface area contributed by atoms with Gasteiger partial charge in [-0.05, 0) is 24.3 Å². The first kappa shape index (κ1) is 19.2. The number of rotatable bonds is 4. The Labute approximate surface area is 182 Å². The van der Waals surface area contributed by atoms with Crippen molar-refractivity contribution in [2.75, 3.05) is 20.2 Å². The van der Waals surface area contributed by atoms with Crippen LogP contribution in [0, 0.1) is 0 Å². The zero-order valence-electron chi connectivity index (χ0n) is 16.3. The molecule has 1 aliphatic rings. The van der Waals surface area contributed by atoms with Crippen LogP contribution in [-0.2, 0) is 0 Å². The summed E-state index contributed by atoms with van der Waals surface area (Å²) in [5.41, 5.74) is 1.36. The third kappa shape index (κ3) is 3.48. The summed E-state index contributed by atoms with van der Waals surface area (Å²) < 4.78 is 18.2. The van der Waals surface area contributed by atoms with E-state index < -0.39 is 0 Å². The monoisotopic (exact) mass is 442 g/mol. The lowest BCUT2D eigenvalue weighted by Gasteiger charge is -2.31. The average molecular weight is 443 g/mol. The zero-order chi connectivity index (χ0) is 20.7. The third-order valence-corrected chi connectivity index (χ3v) is 6.50. The number of ether oxygens (including phenoxy) is 2. The highest BCUT2D eigenvalue weighted by atomic mass is 35.5. The molecule has 8 heteroatoms. The molecule has 6 nitrogen and oxygen atoms in total. The fourth-order valence-electron chi connectivity index (χ4n) is 3.72. The van der Waals surface area contributed by atoms with E-state index in [1.54, 1.807) is 18.1 Å². The van der Waals surface area contributed by atoms with Gasteiger partial charge in [-0.1, -0.05) is 41.1 Å². The average Bonchev–Trinajstić information content (AvgIpc) is 3.38. The van der Waals surface area contributed by atoms with Crippen LogP contribution in [0.2, 0.25) is 5.02 Å². The Hall–Kier alpha value is -2.77. The Morgan fingerprint density at radius 2 is 2.03 bits per heavy atom. The van der Waals surface area contributed by atoms with Crippen LogP contribution in [0.4, 0.5) is 0 Å². The van der Waals surface area contributed by atoms with Crippen LogP contribution in [0.5, 0.6) is 10.9 Å². The Balaban J connectivity index is 1.25. The topological polar surface area (TPSA) is 64.8 Å². The molecule has 0 aliphatic carbocycles. The van der Waals surface area contributed by atoms with Crippen LogP contribution in [0.3, 0.4) is 0 Å². The summed E-state index contributed by atoms with van der Waals surface area (Å²) in [7, 11) is 1.59. The maximum absolute atomic E-state index is 12.9. The Morgan fingerprint density at radius 1 is 1.23 bits per heavy atom. The number of fused-ring (bicyclic) bond motifs is 2. The molecule has 1 fully saturated rings. The van der Waals surface area contributed by atoms with Gasteiger partial charge >= 0.3 is 0 Å². The molecule has 1 saturated heterocycles. The van der Waals surface area contributed by atoms with Crippen molar-refractivity contribution < 1.29 is 18.7 Å². The molecule has 5 rings (SSSR count). The SMILES string of the molecule is COc1cccc2cc(C(=O)N3CCC(Oc4nc5c(Cl)cccc5s4)CC3)oc12. The van der Waals surface area contributed by atoms with Crippen molar-refractivity contribution >= 4 is 50.0 Å². The number of carbonyl (C=O) groups excluding carboxylic acids is 1. The van der Waals surface area contributed by atoms with Crippen LogP contribution in [0.1, 0.15) is 23.4 Å². The van der Waals surface area contributed by atoms with E-state index in [4.69, 9.17) is 25.5 Å². The number of thiazole rings is 1. The van der Waals surface area contributed by atoms with Gasteiger partial charge < -0.3 is 18.8 Å². The number of amides is 1. The highest BCUT2D eigenvalue weighted by molar-refractivity contribution is 7.20. The van der Waals surface area contributed by atoms with Crippen LogP contribution in [0.15, 0.2) is 46.9 Å². The third-order valence-electron chi connectivity index (χ3n) is 5.29. The van der Waals surface area contributed by atoms with Gasteiger partial charge in [0.1, 0.15) is 11.6 Å². The molecule has 2 aromatic heterocycles. The van der Waals surface area contributed by atoms with Gasteiger partial charge in [-0.3, -0.25) is 4.79 Å². The number of aromatic nitrogens is 1. The Bertz CT molecular complexity index is 1230. The van der Waals surface area contributed by atoms with Crippen LogP contribution < -0.4 is 9.47 Å². The number of likely N-dealkylation sites (tertiary alicyclic amines) is 1. The minimum atomic E-state index is -0.113. The van der Waals surface area contributed by atoms with E-state index in [0.717, 1.165) is 28.4 Å². The Kier molecular flexibility index (Phi) is 5.00. The largest absolute Gasteiger partial charge is 0.493 e. The summed E-state index contributed by atoms with van der Waals surface area (Å²) in [6.45, 7) is 1.20. The van der Waals surface area contributed by atoms with E-state index >= 15 is 0 Å². The molecule has 1 amide bonds.